The van der Waals surface area contributed by atoms with Crippen molar-refractivity contribution < 1.29 is 13.9 Å². The van der Waals surface area contributed by atoms with Gasteiger partial charge < -0.3 is 13.9 Å². The van der Waals surface area contributed by atoms with E-state index in [4.69, 9.17) is 13.9 Å². The summed E-state index contributed by atoms with van der Waals surface area (Å²) in [4.78, 5) is 0. The first-order valence-corrected chi connectivity index (χ1v) is 9.54. The molecule has 0 N–H and O–H groups in total. The van der Waals surface area contributed by atoms with Crippen LogP contribution in [0, 0.1) is 0 Å². The normalized spacial score (nSPS) is 24.8. The SMILES string of the molecule is C[Si](C)(C)OC=C1CCC2(CC1)OCCO2. The minimum atomic E-state index is -1.42. The van der Waals surface area contributed by atoms with Crippen LogP contribution in [0.25, 0.3) is 0 Å². The number of ether oxygens (including phenoxy) is 2. The lowest BCUT2D eigenvalue weighted by Crippen LogP contribution is -2.33. The molecular weight excluding hydrogens is 220 g/mol. The fraction of sp³-hybridized carbons (Fsp3) is 0.833. The summed E-state index contributed by atoms with van der Waals surface area (Å²) in [6.07, 6.45) is 6.05. The number of rotatable bonds is 2. The molecule has 0 atom stereocenters. The van der Waals surface area contributed by atoms with E-state index in [0.717, 1.165) is 38.9 Å². The Morgan fingerprint density at radius 2 is 1.69 bits per heavy atom. The van der Waals surface area contributed by atoms with E-state index in [9.17, 15) is 0 Å². The maximum atomic E-state index is 5.82. The molecule has 1 heterocycles. The minimum absolute atomic E-state index is 0.253. The highest BCUT2D eigenvalue weighted by molar-refractivity contribution is 6.69. The molecule has 3 nitrogen and oxygen atoms in total. The van der Waals surface area contributed by atoms with Crippen LogP contribution in [-0.4, -0.2) is 27.3 Å². The average Bonchev–Trinajstić information content (AvgIpc) is 2.65. The summed E-state index contributed by atoms with van der Waals surface area (Å²) in [5.41, 5.74) is 1.41. The number of allylic oxidation sites excluding steroid dienone is 1. The molecule has 4 heteroatoms. The fourth-order valence-corrected chi connectivity index (χ4v) is 2.64. The standard InChI is InChI=1S/C12H22O3Si/c1-16(2,3)15-10-11-4-6-12(7-5-11)13-8-9-14-12/h10H,4-9H2,1-3H3. The Balaban J connectivity index is 1.85. The van der Waals surface area contributed by atoms with Crippen LogP contribution in [0.4, 0.5) is 0 Å². The van der Waals surface area contributed by atoms with Gasteiger partial charge in [-0.1, -0.05) is 0 Å². The van der Waals surface area contributed by atoms with Crippen LogP contribution in [0.1, 0.15) is 25.7 Å². The first-order valence-electron chi connectivity index (χ1n) is 6.13. The van der Waals surface area contributed by atoms with E-state index >= 15 is 0 Å². The third-order valence-corrected chi connectivity index (χ3v) is 3.87. The number of hydrogen-bond donors (Lipinski definition) is 0. The van der Waals surface area contributed by atoms with E-state index in [0.29, 0.717) is 0 Å². The lowest BCUT2D eigenvalue weighted by Gasteiger charge is -2.32. The van der Waals surface area contributed by atoms with E-state index in [1.165, 1.54) is 5.57 Å². The third kappa shape index (κ3) is 3.09. The van der Waals surface area contributed by atoms with Crippen LogP contribution in [-0.2, 0) is 13.9 Å². The van der Waals surface area contributed by atoms with E-state index in [2.05, 4.69) is 19.6 Å². The van der Waals surface area contributed by atoms with Gasteiger partial charge in [0.05, 0.1) is 19.5 Å². The second-order valence-electron chi connectivity index (χ2n) is 5.61. The predicted molar refractivity (Wildman–Crippen MR) is 65.6 cm³/mol. The first kappa shape index (κ1) is 12.1. The van der Waals surface area contributed by atoms with Gasteiger partial charge in [-0.15, -0.1) is 0 Å². The fourth-order valence-electron chi connectivity index (χ4n) is 2.12. The van der Waals surface area contributed by atoms with Crippen molar-refractivity contribution in [2.75, 3.05) is 13.2 Å². The molecule has 2 rings (SSSR count). The lowest BCUT2D eigenvalue weighted by atomic mass is 9.90. The Kier molecular flexibility index (Phi) is 3.42. The summed E-state index contributed by atoms with van der Waals surface area (Å²) in [5, 5.41) is 0. The summed E-state index contributed by atoms with van der Waals surface area (Å²) in [7, 11) is -1.42. The van der Waals surface area contributed by atoms with E-state index in [1.807, 2.05) is 6.26 Å². The molecule has 1 spiro atoms. The Hall–Kier alpha value is -0.323. The molecule has 1 saturated heterocycles. The predicted octanol–water partition coefficient (Wildman–Crippen LogP) is 3.04. The second kappa shape index (κ2) is 4.51. The van der Waals surface area contributed by atoms with Crippen molar-refractivity contribution >= 4 is 8.32 Å². The summed E-state index contributed by atoms with van der Waals surface area (Å²) in [6, 6.07) is 0. The molecule has 0 radical (unpaired) electrons. The summed E-state index contributed by atoms with van der Waals surface area (Å²) >= 11 is 0. The van der Waals surface area contributed by atoms with Crippen LogP contribution in [0.5, 0.6) is 0 Å². The summed E-state index contributed by atoms with van der Waals surface area (Å²) < 4.78 is 17.2. The van der Waals surface area contributed by atoms with Gasteiger partial charge in [0.2, 0.25) is 8.32 Å². The van der Waals surface area contributed by atoms with Gasteiger partial charge in [-0.05, 0) is 38.1 Å². The smallest absolute Gasteiger partial charge is 0.241 e. The molecule has 0 aromatic carbocycles. The molecule has 92 valence electrons. The van der Waals surface area contributed by atoms with Gasteiger partial charge >= 0.3 is 0 Å². The van der Waals surface area contributed by atoms with E-state index in [1.54, 1.807) is 0 Å². The highest BCUT2D eigenvalue weighted by Gasteiger charge is 2.38. The van der Waals surface area contributed by atoms with Crippen LogP contribution in [0.15, 0.2) is 11.8 Å². The van der Waals surface area contributed by atoms with Crippen molar-refractivity contribution in [1.82, 2.24) is 0 Å². The van der Waals surface area contributed by atoms with Gasteiger partial charge in [0.15, 0.2) is 5.79 Å². The largest absolute Gasteiger partial charge is 0.550 e. The molecule has 0 unspecified atom stereocenters. The van der Waals surface area contributed by atoms with Crippen molar-refractivity contribution in [2.45, 2.75) is 51.1 Å². The van der Waals surface area contributed by atoms with Gasteiger partial charge in [0.1, 0.15) is 0 Å². The molecule has 0 aromatic rings. The molecule has 0 bridgehead atoms. The number of hydrogen-bond acceptors (Lipinski definition) is 3. The highest BCUT2D eigenvalue weighted by Crippen LogP contribution is 2.37. The zero-order valence-electron chi connectivity index (χ0n) is 10.5. The zero-order chi connectivity index (χ0) is 11.6. The van der Waals surface area contributed by atoms with Crippen molar-refractivity contribution in [3.8, 4) is 0 Å². The van der Waals surface area contributed by atoms with Crippen molar-refractivity contribution in [3.63, 3.8) is 0 Å². The molecule has 2 aliphatic rings. The van der Waals surface area contributed by atoms with Crippen molar-refractivity contribution in [2.24, 2.45) is 0 Å². The van der Waals surface area contributed by atoms with E-state index in [-0.39, 0.29) is 5.79 Å². The van der Waals surface area contributed by atoms with Gasteiger partial charge in [-0.3, -0.25) is 0 Å². The van der Waals surface area contributed by atoms with Crippen LogP contribution < -0.4 is 0 Å². The third-order valence-electron chi connectivity index (χ3n) is 3.05. The van der Waals surface area contributed by atoms with Gasteiger partial charge in [-0.25, -0.2) is 0 Å². The highest BCUT2D eigenvalue weighted by atomic mass is 28.4. The van der Waals surface area contributed by atoms with Gasteiger partial charge in [0.25, 0.3) is 0 Å². The van der Waals surface area contributed by atoms with Crippen molar-refractivity contribution in [3.05, 3.63) is 11.8 Å². The van der Waals surface area contributed by atoms with Gasteiger partial charge in [0, 0.05) is 12.8 Å². The Morgan fingerprint density at radius 1 is 1.12 bits per heavy atom. The van der Waals surface area contributed by atoms with Crippen LogP contribution in [0.2, 0.25) is 19.6 Å². The topological polar surface area (TPSA) is 27.7 Å². The Bertz CT molecular complexity index is 262. The monoisotopic (exact) mass is 242 g/mol. The molecular formula is C12H22O3Si. The summed E-state index contributed by atoms with van der Waals surface area (Å²) in [6.45, 7) is 8.13. The second-order valence-corrected chi connectivity index (χ2v) is 10.1. The maximum absolute atomic E-state index is 5.82. The quantitative estimate of drug-likeness (QED) is 0.550. The van der Waals surface area contributed by atoms with Crippen LogP contribution in [0.3, 0.4) is 0 Å². The summed E-state index contributed by atoms with van der Waals surface area (Å²) in [5.74, 6) is -0.253. The molecule has 16 heavy (non-hydrogen) atoms. The zero-order valence-corrected chi connectivity index (χ0v) is 11.5. The van der Waals surface area contributed by atoms with Crippen LogP contribution >= 0.6 is 0 Å². The molecule has 0 aromatic heterocycles. The average molecular weight is 242 g/mol. The minimum Gasteiger partial charge on any atom is -0.550 e. The first-order chi connectivity index (χ1) is 7.49. The van der Waals surface area contributed by atoms with E-state index < -0.39 is 8.32 Å². The van der Waals surface area contributed by atoms with Gasteiger partial charge in [-0.2, -0.15) is 0 Å². The molecule has 0 amide bonds. The Morgan fingerprint density at radius 3 is 2.19 bits per heavy atom. The molecule has 1 aliphatic heterocycles. The van der Waals surface area contributed by atoms with Crippen molar-refractivity contribution in [1.29, 1.82) is 0 Å². The molecule has 1 aliphatic carbocycles. The molecule has 1 saturated carbocycles. The Labute approximate surface area is 98.9 Å². The maximum Gasteiger partial charge on any atom is 0.241 e. The molecule has 2 fully saturated rings. The lowest BCUT2D eigenvalue weighted by molar-refractivity contribution is -0.171.